The molecule has 1 aliphatic rings. The number of carbonyl (C=O) groups excluding carboxylic acids is 1. The van der Waals surface area contributed by atoms with Gasteiger partial charge >= 0.3 is 0 Å². The van der Waals surface area contributed by atoms with E-state index in [-0.39, 0.29) is 11.9 Å². The molecule has 0 aromatic heterocycles. The number of amides is 1. The molecule has 0 bridgehead atoms. The molecule has 1 unspecified atom stereocenters. The van der Waals surface area contributed by atoms with Crippen LogP contribution in [0, 0.1) is 0 Å². The maximum atomic E-state index is 11.1. The lowest BCUT2D eigenvalue weighted by molar-refractivity contribution is -0.117. The van der Waals surface area contributed by atoms with E-state index in [2.05, 4.69) is 11.9 Å². The maximum absolute atomic E-state index is 11.1. The molecule has 80 valence electrons. The second-order valence-electron chi connectivity index (χ2n) is 3.32. The molecule has 1 aliphatic heterocycles. The molecule has 6 heteroatoms. The number of hydrogen-bond acceptors (Lipinski definition) is 3. The first-order valence-corrected chi connectivity index (χ1v) is 6.16. The molecule has 0 aliphatic carbocycles. The van der Waals surface area contributed by atoms with Crippen LogP contribution in [-0.4, -0.2) is 44.0 Å². The van der Waals surface area contributed by atoms with Gasteiger partial charge in [-0.15, -0.1) is 0 Å². The highest BCUT2D eigenvalue weighted by molar-refractivity contribution is 7.88. The molecule has 0 saturated carbocycles. The van der Waals surface area contributed by atoms with E-state index in [4.69, 9.17) is 0 Å². The summed E-state index contributed by atoms with van der Waals surface area (Å²) in [6, 6.07) is -0.0878. The van der Waals surface area contributed by atoms with Gasteiger partial charge in [0.15, 0.2) is 0 Å². The van der Waals surface area contributed by atoms with Gasteiger partial charge in [-0.3, -0.25) is 4.79 Å². The van der Waals surface area contributed by atoms with E-state index in [1.54, 1.807) is 0 Å². The molecule has 1 N–H and O–H groups in total. The van der Waals surface area contributed by atoms with Gasteiger partial charge in [-0.25, -0.2) is 12.7 Å². The van der Waals surface area contributed by atoms with Crippen LogP contribution in [-0.2, 0) is 14.8 Å². The number of rotatable bonds is 3. The van der Waals surface area contributed by atoms with Gasteiger partial charge in [0.1, 0.15) is 0 Å². The van der Waals surface area contributed by atoms with E-state index in [0.717, 1.165) is 0 Å². The van der Waals surface area contributed by atoms with Gasteiger partial charge in [-0.1, -0.05) is 6.58 Å². The van der Waals surface area contributed by atoms with E-state index in [1.165, 1.54) is 16.6 Å². The van der Waals surface area contributed by atoms with E-state index in [0.29, 0.717) is 19.5 Å². The lowest BCUT2D eigenvalue weighted by atomic mass is 10.2. The zero-order valence-electron chi connectivity index (χ0n) is 8.06. The van der Waals surface area contributed by atoms with Crippen LogP contribution in [0.5, 0.6) is 0 Å². The maximum Gasteiger partial charge on any atom is 0.243 e. The summed E-state index contributed by atoms with van der Waals surface area (Å²) >= 11 is 0. The highest BCUT2D eigenvalue weighted by atomic mass is 32.2. The van der Waals surface area contributed by atoms with Crippen LogP contribution in [0.25, 0.3) is 0 Å². The number of nitrogens with zero attached hydrogens (tertiary/aromatic N) is 1. The molecular weight excluding hydrogens is 204 g/mol. The van der Waals surface area contributed by atoms with Crippen molar-refractivity contribution < 1.29 is 13.2 Å². The third-order valence-electron chi connectivity index (χ3n) is 2.15. The number of carbonyl (C=O) groups is 1. The first-order valence-electron chi connectivity index (χ1n) is 4.31. The van der Waals surface area contributed by atoms with Crippen LogP contribution < -0.4 is 5.32 Å². The quantitative estimate of drug-likeness (QED) is 0.638. The normalized spacial score (nSPS) is 23.4. The molecule has 0 spiro atoms. The van der Waals surface area contributed by atoms with Gasteiger partial charge in [0, 0.05) is 19.1 Å². The highest BCUT2D eigenvalue weighted by Gasteiger charge is 2.28. The van der Waals surface area contributed by atoms with E-state index >= 15 is 0 Å². The Balaban J connectivity index is 2.50. The molecule has 1 heterocycles. The molecule has 1 saturated heterocycles. The molecule has 1 rings (SSSR count). The zero-order chi connectivity index (χ0) is 10.8. The second kappa shape index (κ2) is 4.10. The monoisotopic (exact) mass is 218 g/mol. The molecular formula is C8H14N2O3S. The van der Waals surface area contributed by atoms with Crippen LogP contribution in [0.2, 0.25) is 0 Å². The topological polar surface area (TPSA) is 66.5 Å². The van der Waals surface area contributed by atoms with Crippen LogP contribution in [0.4, 0.5) is 0 Å². The Labute approximate surface area is 83.8 Å². The van der Waals surface area contributed by atoms with Crippen molar-refractivity contribution in [3.63, 3.8) is 0 Å². The van der Waals surface area contributed by atoms with E-state index < -0.39 is 10.0 Å². The van der Waals surface area contributed by atoms with E-state index in [9.17, 15) is 13.2 Å². The summed E-state index contributed by atoms with van der Waals surface area (Å²) < 4.78 is 23.6. The predicted octanol–water partition coefficient (Wildman–Crippen LogP) is -0.677. The summed E-state index contributed by atoms with van der Waals surface area (Å²) in [6.45, 7) is 4.16. The molecule has 1 atom stereocenters. The first-order chi connectivity index (χ1) is 6.43. The number of sulfonamides is 1. The van der Waals surface area contributed by atoms with Gasteiger partial charge in [-0.05, 0) is 12.5 Å². The fourth-order valence-corrected chi connectivity index (χ4v) is 2.30. The SMILES string of the molecule is C=CC(=O)NC1CCN(S(C)(=O)=O)C1. The molecule has 0 aromatic rings. The lowest BCUT2D eigenvalue weighted by Gasteiger charge is -2.13. The molecule has 5 nitrogen and oxygen atoms in total. The molecule has 1 amide bonds. The minimum Gasteiger partial charge on any atom is -0.348 e. The summed E-state index contributed by atoms with van der Waals surface area (Å²) in [5, 5.41) is 2.67. The summed E-state index contributed by atoms with van der Waals surface area (Å²) in [6.07, 6.45) is 3.01. The summed E-state index contributed by atoms with van der Waals surface area (Å²) in [4.78, 5) is 10.9. The number of hydrogen-bond donors (Lipinski definition) is 1. The van der Waals surface area contributed by atoms with Gasteiger partial charge in [0.05, 0.1) is 6.26 Å². The minimum absolute atomic E-state index is 0.0878. The highest BCUT2D eigenvalue weighted by Crippen LogP contribution is 2.12. The molecule has 1 fully saturated rings. The zero-order valence-corrected chi connectivity index (χ0v) is 8.88. The van der Waals surface area contributed by atoms with Crippen molar-refractivity contribution in [1.29, 1.82) is 0 Å². The Hall–Kier alpha value is -0.880. The average Bonchev–Trinajstić information content (AvgIpc) is 2.51. The Bertz CT molecular complexity index is 336. The fourth-order valence-electron chi connectivity index (χ4n) is 1.41. The average molecular weight is 218 g/mol. The van der Waals surface area contributed by atoms with Gasteiger partial charge in [-0.2, -0.15) is 0 Å². The van der Waals surface area contributed by atoms with Crippen molar-refractivity contribution in [3.05, 3.63) is 12.7 Å². The standard InChI is InChI=1S/C8H14N2O3S/c1-3-8(11)9-7-4-5-10(6-7)14(2,12)13/h3,7H,1,4-6H2,2H3,(H,9,11). The predicted molar refractivity (Wildman–Crippen MR) is 53.2 cm³/mol. The van der Waals surface area contributed by atoms with Crippen molar-refractivity contribution >= 4 is 15.9 Å². The van der Waals surface area contributed by atoms with Crippen LogP contribution in [0.1, 0.15) is 6.42 Å². The molecule has 0 radical (unpaired) electrons. The van der Waals surface area contributed by atoms with Crippen molar-refractivity contribution in [1.82, 2.24) is 9.62 Å². The minimum atomic E-state index is -3.12. The number of nitrogens with one attached hydrogen (secondary N) is 1. The Morgan fingerprint density at radius 3 is 2.71 bits per heavy atom. The Kier molecular flexibility index (Phi) is 3.28. The van der Waals surface area contributed by atoms with Crippen molar-refractivity contribution in [2.45, 2.75) is 12.5 Å². The Morgan fingerprint density at radius 1 is 1.64 bits per heavy atom. The Morgan fingerprint density at radius 2 is 2.29 bits per heavy atom. The van der Waals surface area contributed by atoms with E-state index in [1.807, 2.05) is 0 Å². The third kappa shape index (κ3) is 2.81. The summed E-state index contributed by atoms with van der Waals surface area (Å²) in [5.41, 5.74) is 0. The smallest absolute Gasteiger partial charge is 0.243 e. The van der Waals surface area contributed by atoms with Crippen molar-refractivity contribution in [3.8, 4) is 0 Å². The van der Waals surface area contributed by atoms with Crippen LogP contribution in [0.15, 0.2) is 12.7 Å². The van der Waals surface area contributed by atoms with Gasteiger partial charge < -0.3 is 5.32 Å². The molecule has 14 heavy (non-hydrogen) atoms. The largest absolute Gasteiger partial charge is 0.348 e. The fraction of sp³-hybridized carbons (Fsp3) is 0.625. The van der Waals surface area contributed by atoms with Crippen molar-refractivity contribution in [2.75, 3.05) is 19.3 Å². The summed E-state index contributed by atoms with van der Waals surface area (Å²) in [7, 11) is -3.12. The summed E-state index contributed by atoms with van der Waals surface area (Å²) in [5.74, 6) is -0.259. The van der Waals surface area contributed by atoms with Crippen molar-refractivity contribution in [2.24, 2.45) is 0 Å². The van der Waals surface area contributed by atoms with Gasteiger partial charge in [0.2, 0.25) is 15.9 Å². The van der Waals surface area contributed by atoms with Gasteiger partial charge in [0.25, 0.3) is 0 Å². The lowest BCUT2D eigenvalue weighted by Crippen LogP contribution is -2.37. The third-order valence-corrected chi connectivity index (χ3v) is 3.42. The molecule has 0 aromatic carbocycles. The van der Waals surface area contributed by atoms with Crippen LogP contribution in [0.3, 0.4) is 0 Å². The first kappa shape index (κ1) is 11.2. The van der Waals surface area contributed by atoms with Crippen LogP contribution >= 0.6 is 0 Å². The second-order valence-corrected chi connectivity index (χ2v) is 5.30.